The average Bonchev–Trinajstić information content (AvgIpc) is 3.35. The van der Waals surface area contributed by atoms with Gasteiger partial charge in [0.15, 0.2) is 0 Å². The lowest BCUT2D eigenvalue weighted by Crippen LogP contribution is -2.30. The number of likely N-dealkylation sites (N-methyl/N-ethyl adjacent to an activating group) is 1. The van der Waals surface area contributed by atoms with Gasteiger partial charge >= 0.3 is 0 Å². The maximum Gasteiger partial charge on any atom is 0.268 e. The van der Waals surface area contributed by atoms with Crippen LogP contribution in [0.15, 0.2) is 65.1 Å². The van der Waals surface area contributed by atoms with Gasteiger partial charge in [0.1, 0.15) is 13.9 Å². The van der Waals surface area contributed by atoms with Crippen molar-refractivity contribution in [1.29, 1.82) is 0 Å². The Balaban J connectivity index is 1.59. The first kappa shape index (κ1) is 23.8. The number of thiocarbonyl (C=S) groups is 1. The summed E-state index contributed by atoms with van der Waals surface area (Å²) in [4.78, 5) is 29.7. The first-order valence-corrected chi connectivity index (χ1v) is 13.2. The zero-order valence-corrected chi connectivity index (χ0v) is 22.6. The van der Waals surface area contributed by atoms with Gasteiger partial charge in [-0.05, 0) is 41.0 Å². The van der Waals surface area contributed by atoms with E-state index < -0.39 is 0 Å². The second-order valence-electron chi connectivity index (χ2n) is 9.20. The monoisotopic (exact) mass is 519 g/mol. The number of benzene rings is 2. The van der Waals surface area contributed by atoms with E-state index in [-0.39, 0.29) is 16.9 Å². The van der Waals surface area contributed by atoms with Crippen molar-refractivity contribution in [1.82, 2.24) is 9.47 Å². The predicted molar refractivity (Wildman–Crippen MR) is 151 cm³/mol. The lowest BCUT2D eigenvalue weighted by atomic mass is 9.82. The smallest absolute Gasteiger partial charge is 0.268 e. The van der Waals surface area contributed by atoms with Gasteiger partial charge in [-0.3, -0.25) is 14.5 Å². The lowest BCUT2D eigenvalue weighted by Gasteiger charge is -2.23. The molecule has 5 rings (SSSR count). The summed E-state index contributed by atoms with van der Waals surface area (Å²) < 4.78 is 3.26. The molecule has 0 unspecified atom stereocenters. The van der Waals surface area contributed by atoms with Crippen LogP contribution in [0.1, 0.15) is 19.4 Å². The molecule has 0 bridgehead atoms. The van der Waals surface area contributed by atoms with E-state index in [1.165, 1.54) is 44.7 Å². The molecule has 1 saturated heterocycles. The fraction of sp³-hybridized carbons (Fsp3) is 0.222. The maximum atomic E-state index is 13.0. The van der Waals surface area contributed by atoms with Gasteiger partial charge in [-0.25, -0.2) is 0 Å². The highest BCUT2D eigenvalue weighted by atomic mass is 32.2. The van der Waals surface area contributed by atoms with Crippen molar-refractivity contribution >= 4 is 62.2 Å². The van der Waals surface area contributed by atoms with Gasteiger partial charge in [0.25, 0.3) is 11.5 Å². The number of thiazole rings is 1. The molecule has 0 spiro atoms. The zero-order valence-electron chi connectivity index (χ0n) is 20.2. The molecule has 8 heteroatoms. The number of carbonyl (C=O) groups excluding carboxylic acids is 1. The number of fused-ring (bicyclic) bond motifs is 1. The minimum atomic E-state index is -0.238. The number of carbonyl (C=O) groups is 1. The van der Waals surface area contributed by atoms with Gasteiger partial charge in [-0.2, -0.15) is 0 Å². The van der Waals surface area contributed by atoms with Crippen LogP contribution in [-0.4, -0.2) is 33.8 Å². The highest BCUT2D eigenvalue weighted by Gasteiger charge is 2.38. The SMILES string of the molecule is CN1C(=O)C(=c2sc(=C/C=C3\N(C)c4ccc(-c5ccccc5)cc4C3(C)C)c(=O)n2C)SC1=S. The van der Waals surface area contributed by atoms with Crippen LogP contribution >= 0.6 is 35.3 Å². The summed E-state index contributed by atoms with van der Waals surface area (Å²) in [7, 11) is 5.42. The number of rotatable bonds is 2. The summed E-state index contributed by atoms with van der Waals surface area (Å²) in [6.07, 6.45) is 3.91. The molecule has 2 aliphatic rings. The molecule has 1 amide bonds. The Morgan fingerprint density at radius 3 is 2.29 bits per heavy atom. The highest BCUT2D eigenvalue weighted by Crippen LogP contribution is 2.48. The van der Waals surface area contributed by atoms with Crippen molar-refractivity contribution in [2.45, 2.75) is 19.3 Å². The standard InChI is InChI=1S/C27H25N3O2S3/c1-27(2)18-15-17(16-9-7-6-8-10-16)11-12-19(18)28(3)21(27)14-13-20-23(31)29(4)25(34-20)22-24(32)30(5)26(33)35-22/h6-15H,1-5H3/b20-13?,21-14-,25-22?. The van der Waals surface area contributed by atoms with Crippen LogP contribution in [0.25, 0.3) is 22.1 Å². The molecule has 35 heavy (non-hydrogen) atoms. The molecule has 1 fully saturated rings. The quantitative estimate of drug-likeness (QED) is 0.482. The molecule has 5 nitrogen and oxygen atoms in total. The van der Waals surface area contributed by atoms with E-state index in [9.17, 15) is 9.59 Å². The molecule has 0 aliphatic carbocycles. The Morgan fingerprint density at radius 2 is 1.63 bits per heavy atom. The highest BCUT2D eigenvalue weighted by molar-refractivity contribution is 8.30. The van der Waals surface area contributed by atoms with Crippen LogP contribution in [-0.2, 0) is 17.3 Å². The number of aromatic nitrogens is 1. The van der Waals surface area contributed by atoms with Crippen molar-refractivity contribution < 1.29 is 4.79 Å². The Morgan fingerprint density at radius 1 is 0.914 bits per heavy atom. The maximum absolute atomic E-state index is 13.0. The van der Waals surface area contributed by atoms with E-state index in [2.05, 4.69) is 68.3 Å². The fourth-order valence-electron chi connectivity index (χ4n) is 4.65. The predicted octanol–water partition coefficient (Wildman–Crippen LogP) is 3.80. The van der Waals surface area contributed by atoms with Crippen LogP contribution in [0.4, 0.5) is 5.69 Å². The third-order valence-electron chi connectivity index (χ3n) is 6.72. The van der Waals surface area contributed by atoms with E-state index >= 15 is 0 Å². The summed E-state index contributed by atoms with van der Waals surface area (Å²) >= 11 is 7.83. The number of thioether (sulfide) groups is 1. The Kier molecular flexibility index (Phi) is 5.86. The van der Waals surface area contributed by atoms with Crippen LogP contribution in [0.3, 0.4) is 0 Å². The van der Waals surface area contributed by atoms with Gasteiger partial charge < -0.3 is 9.47 Å². The van der Waals surface area contributed by atoms with Crippen molar-refractivity contribution in [2.24, 2.45) is 7.05 Å². The van der Waals surface area contributed by atoms with Gasteiger partial charge in [-0.15, -0.1) is 11.3 Å². The van der Waals surface area contributed by atoms with Crippen LogP contribution < -0.4 is 19.7 Å². The molecule has 0 N–H and O–H groups in total. The van der Waals surface area contributed by atoms with Crippen LogP contribution in [0, 0.1) is 0 Å². The minimum Gasteiger partial charge on any atom is -0.347 e. The number of hydrogen-bond acceptors (Lipinski definition) is 6. The van der Waals surface area contributed by atoms with Gasteiger partial charge in [0.05, 0.1) is 4.53 Å². The largest absolute Gasteiger partial charge is 0.347 e. The molecular weight excluding hydrogens is 495 g/mol. The third kappa shape index (κ3) is 3.80. The van der Waals surface area contributed by atoms with E-state index in [0.717, 1.165) is 11.4 Å². The fourth-order valence-corrected chi connectivity index (χ4v) is 7.04. The second-order valence-corrected chi connectivity index (χ2v) is 11.9. The van der Waals surface area contributed by atoms with E-state index in [1.807, 2.05) is 18.2 Å². The Bertz CT molecular complexity index is 1600. The Hall–Kier alpha value is -2.94. The molecule has 3 aromatic rings. The molecular formula is C27H25N3O2S3. The number of hydrogen-bond donors (Lipinski definition) is 0. The summed E-state index contributed by atoms with van der Waals surface area (Å²) in [5.74, 6) is -0.164. The molecule has 2 aromatic carbocycles. The van der Waals surface area contributed by atoms with Crippen molar-refractivity contribution in [2.75, 3.05) is 19.0 Å². The van der Waals surface area contributed by atoms with E-state index in [1.54, 1.807) is 18.7 Å². The van der Waals surface area contributed by atoms with Gasteiger partial charge in [-0.1, -0.05) is 74.2 Å². The van der Waals surface area contributed by atoms with Crippen LogP contribution in [0.5, 0.6) is 0 Å². The van der Waals surface area contributed by atoms with Gasteiger partial charge in [0, 0.05) is 37.9 Å². The minimum absolute atomic E-state index is 0.120. The summed E-state index contributed by atoms with van der Waals surface area (Å²) in [6.45, 7) is 4.42. The number of anilines is 1. The zero-order chi connectivity index (χ0) is 25.1. The second kappa shape index (κ2) is 8.62. The van der Waals surface area contributed by atoms with E-state index in [0.29, 0.717) is 18.4 Å². The van der Waals surface area contributed by atoms with Crippen LogP contribution in [0.2, 0.25) is 0 Å². The third-order valence-corrected chi connectivity index (χ3v) is 9.59. The number of amides is 1. The lowest BCUT2D eigenvalue weighted by molar-refractivity contribution is -0.119. The van der Waals surface area contributed by atoms with Crippen molar-refractivity contribution in [3.63, 3.8) is 0 Å². The average molecular weight is 520 g/mol. The Labute approximate surface area is 217 Å². The molecule has 1 aromatic heterocycles. The molecule has 0 radical (unpaired) electrons. The topological polar surface area (TPSA) is 45.6 Å². The molecule has 0 saturated carbocycles. The number of allylic oxidation sites excluding steroid dienone is 2. The number of nitrogens with zero attached hydrogens (tertiary/aromatic N) is 3. The van der Waals surface area contributed by atoms with Crippen molar-refractivity contribution in [3.05, 3.63) is 85.4 Å². The summed E-state index contributed by atoms with van der Waals surface area (Å²) in [6, 6.07) is 17.0. The molecule has 3 heterocycles. The van der Waals surface area contributed by atoms with E-state index in [4.69, 9.17) is 12.2 Å². The van der Waals surface area contributed by atoms with Gasteiger partial charge in [0.2, 0.25) is 0 Å². The first-order valence-electron chi connectivity index (χ1n) is 11.2. The normalized spacial score (nSPS) is 20.4. The first-order chi connectivity index (χ1) is 16.6. The summed E-state index contributed by atoms with van der Waals surface area (Å²) in [5, 5.41) is 0. The van der Waals surface area contributed by atoms with Crippen molar-refractivity contribution in [3.8, 4) is 11.1 Å². The molecule has 0 atom stereocenters. The molecule has 2 aliphatic heterocycles. The summed E-state index contributed by atoms with van der Waals surface area (Å²) in [5.41, 5.74) is 5.54. The molecule has 178 valence electrons.